The van der Waals surface area contributed by atoms with Gasteiger partial charge in [-0.1, -0.05) is 34.1 Å². The van der Waals surface area contributed by atoms with E-state index in [0.717, 1.165) is 22.2 Å². The van der Waals surface area contributed by atoms with Crippen LogP contribution in [0.2, 0.25) is 0 Å². The van der Waals surface area contributed by atoms with Crippen LogP contribution in [0.5, 0.6) is 5.75 Å². The average Bonchev–Trinajstić information content (AvgIpc) is 2.53. The summed E-state index contributed by atoms with van der Waals surface area (Å²) in [6, 6.07) is 12.0. The molecule has 0 aliphatic rings. The maximum absolute atomic E-state index is 12.5. The van der Waals surface area contributed by atoms with Crippen LogP contribution in [0.15, 0.2) is 53.0 Å². The number of carbonyl (C=O) groups is 1. The number of amides is 1. The van der Waals surface area contributed by atoms with Crippen molar-refractivity contribution in [2.24, 2.45) is 0 Å². The second-order valence-electron chi connectivity index (χ2n) is 5.04. The number of carbonyl (C=O) groups excluding carboxylic acids is 1. The van der Waals surface area contributed by atoms with E-state index in [1.165, 1.54) is 12.1 Å². The molecular weight excluding hydrogens is 387 g/mol. The third-order valence-corrected chi connectivity index (χ3v) is 3.68. The van der Waals surface area contributed by atoms with Crippen LogP contribution in [0.4, 0.5) is 13.2 Å². The van der Waals surface area contributed by atoms with Gasteiger partial charge in [0.2, 0.25) is 0 Å². The van der Waals surface area contributed by atoms with Crippen molar-refractivity contribution in [1.82, 2.24) is 5.32 Å². The summed E-state index contributed by atoms with van der Waals surface area (Å²) in [7, 11) is 0. The average molecular weight is 402 g/mol. The largest absolute Gasteiger partial charge is 0.484 e. The van der Waals surface area contributed by atoms with Crippen LogP contribution >= 0.6 is 15.9 Å². The minimum Gasteiger partial charge on any atom is -0.484 e. The normalized spacial score (nSPS) is 11.2. The quantitative estimate of drug-likeness (QED) is 0.787. The van der Waals surface area contributed by atoms with Gasteiger partial charge in [-0.15, -0.1) is 0 Å². The molecule has 7 heteroatoms. The fourth-order valence-corrected chi connectivity index (χ4v) is 2.34. The zero-order chi connectivity index (χ0) is 17.6. The maximum Gasteiger partial charge on any atom is 0.416 e. The topological polar surface area (TPSA) is 38.3 Å². The van der Waals surface area contributed by atoms with Crippen LogP contribution in [0.1, 0.15) is 11.1 Å². The Labute approximate surface area is 146 Å². The van der Waals surface area contributed by atoms with Crippen molar-refractivity contribution in [1.29, 1.82) is 0 Å². The number of nitrogens with one attached hydrogen (secondary N) is 1. The zero-order valence-corrected chi connectivity index (χ0v) is 14.2. The van der Waals surface area contributed by atoms with E-state index < -0.39 is 11.7 Å². The zero-order valence-electron chi connectivity index (χ0n) is 12.6. The molecule has 2 aromatic rings. The molecule has 0 radical (unpaired) electrons. The van der Waals surface area contributed by atoms with Gasteiger partial charge in [-0.05, 0) is 42.3 Å². The van der Waals surface area contributed by atoms with Crippen molar-refractivity contribution in [3.8, 4) is 5.75 Å². The molecule has 0 spiro atoms. The van der Waals surface area contributed by atoms with Crippen molar-refractivity contribution >= 4 is 21.8 Å². The molecule has 0 fully saturated rings. The maximum atomic E-state index is 12.5. The van der Waals surface area contributed by atoms with Crippen molar-refractivity contribution in [2.45, 2.75) is 12.6 Å². The number of halogens is 4. The summed E-state index contributed by atoms with van der Waals surface area (Å²) >= 11 is 3.30. The Morgan fingerprint density at radius 2 is 1.83 bits per heavy atom. The van der Waals surface area contributed by atoms with Crippen LogP contribution in [0.25, 0.3) is 0 Å². The van der Waals surface area contributed by atoms with Crippen molar-refractivity contribution < 1.29 is 22.7 Å². The molecule has 0 bridgehead atoms. The van der Waals surface area contributed by atoms with Crippen LogP contribution in [0.3, 0.4) is 0 Å². The lowest BCUT2D eigenvalue weighted by atomic mass is 10.1. The molecule has 2 rings (SSSR count). The van der Waals surface area contributed by atoms with E-state index in [1.807, 2.05) is 6.07 Å². The first-order valence-corrected chi connectivity index (χ1v) is 7.95. The lowest BCUT2D eigenvalue weighted by molar-refractivity contribution is -0.137. The summed E-state index contributed by atoms with van der Waals surface area (Å²) in [6.45, 7) is 0.204. The predicted molar refractivity (Wildman–Crippen MR) is 87.8 cm³/mol. The first-order chi connectivity index (χ1) is 11.3. The molecule has 1 amide bonds. The van der Waals surface area contributed by atoms with E-state index in [9.17, 15) is 18.0 Å². The molecule has 1 N–H and O–H groups in total. The Morgan fingerprint density at radius 3 is 2.46 bits per heavy atom. The predicted octanol–water partition coefficient (Wildman–Crippen LogP) is 4.21. The third kappa shape index (κ3) is 5.88. The monoisotopic (exact) mass is 401 g/mol. The summed E-state index contributed by atoms with van der Waals surface area (Å²) in [4.78, 5) is 11.7. The molecule has 0 saturated heterocycles. The van der Waals surface area contributed by atoms with E-state index in [2.05, 4.69) is 21.2 Å². The minimum atomic E-state index is -4.34. The van der Waals surface area contributed by atoms with Gasteiger partial charge in [-0.2, -0.15) is 13.2 Å². The number of alkyl halides is 3. The van der Waals surface area contributed by atoms with E-state index in [4.69, 9.17) is 4.74 Å². The van der Waals surface area contributed by atoms with Gasteiger partial charge in [-0.25, -0.2) is 0 Å². The fourth-order valence-electron chi connectivity index (χ4n) is 1.96. The highest BCUT2D eigenvalue weighted by Crippen LogP contribution is 2.29. The molecule has 0 heterocycles. The molecule has 0 unspecified atom stereocenters. The summed E-state index contributed by atoms with van der Waals surface area (Å²) in [6.07, 6.45) is -3.89. The third-order valence-electron chi connectivity index (χ3n) is 3.18. The lowest BCUT2D eigenvalue weighted by Crippen LogP contribution is -2.30. The standard InChI is InChI=1S/C17H15BrF3NO2/c18-14-2-1-3-15(10-14)24-11-16(23)22-9-8-12-4-6-13(7-5-12)17(19,20)21/h1-7,10H,8-9,11H2,(H,22,23). The number of ether oxygens (including phenoxy) is 1. The Balaban J connectivity index is 1.72. The molecular formula is C17H15BrF3NO2. The van der Waals surface area contributed by atoms with Gasteiger partial charge in [0.15, 0.2) is 6.61 Å². The van der Waals surface area contributed by atoms with Crippen LogP contribution in [-0.2, 0) is 17.4 Å². The highest BCUT2D eigenvalue weighted by Gasteiger charge is 2.29. The molecule has 2 aromatic carbocycles. The van der Waals surface area contributed by atoms with Crippen molar-refractivity contribution in [3.63, 3.8) is 0 Å². The number of hydrogen-bond acceptors (Lipinski definition) is 2. The van der Waals surface area contributed by atoms with Crippen molar-refractivity contribution in [3.05, 3.63) is 64.1 Å². The lowest BCUT2D eigenvalue weighted by Gasteiger charge is -2.09. The van der Waals surface area contributed by atoms with Gasteiger partial charge in [0.05, 0.1) is 5.56 Å². The van der Waals surface area contributed by atoms with E-state index >= 15 is 0 Å². The molecule has 0 saturated carbocycles. The van der Waals surface area contributed by atoms with Crippen LogP contribution < -0.4 is 10.1 Å². The summed E-state index contributed by atoms with van der Waals surface area (Å²) in [5.74, 6) is 0.282. The molecule has 0 aliphatic carbocycles. The second-order valence-corrected chi connectivity index (χ2v) is 5.96. The summed E-state index contributed by atoms with van der Waals surface area (Å²) < 4.78 is 43.5. The molecule has 128 valence electrons. The van der Waals surface area contributed by atoms with E-state index in [-0.39, 0.29) is 12.5 Å². The number of hydrogen-bond donors (Lipinski definition) is 1. The molecule has 3 nitrogen and oxygen atoms in total. The second kappa shape index (κ2) is 8.19. The van der Waals surface area contributed by atoms with Gasteiger partial charge >= 0.3 is 6.18 Å². The molecule has 24 heavy (non-hydrogen) atoms. The van der Waals surface area contributed by atoms with E-state index in [0.29, 0.717) is 18.7 Å². The number of benzene rings is 2. The summed E-state index contributed by atoms with van der Waals surface area (Å²) in [5.41, 5.74) is 0.0360. The SMILES string of the molecule is O=C(COc1cccc(Br)c1)NCCc1ccc(C(F)(F)F)cc1. The smallest absolute Gasteiger partial charge is 0.416 e. The molecule has 0 aliphatic heterocycles. The highest BCUT2D eigenvalue weighted by molar-refractivity contribution is 9.10. The Kier molecular flexibility index (Phi) is 6.25. The van der Waals surface area contributed by atoms with Crippen LogP contribution in [0, 0.1) is 0 Å². The Bertz CT molecular complexity index is 687. The van der Waals surface area contributed by atoms with Gasteiger partial charge in [0.25, 0.3) is 5.91 Å². The molecule has 0 aromatic heterocycles. The summed E-state index contributed by atoms with van der Waals surface area (Å²) in [5, 5.41) is 2.66. The molecule has 0 atom stereocenters. The van der Waals surface area contributed by atoms with Gasteiger partial charge < -0.3 is 10.1 Å². The van der Waals surface area contributed by atoms with E-state index in [1.54, 1.807) is 18.2 Å². The van der Waals surface area contributed by atoms with Crippen molar-refractivity contribution in [2.75, 3.05) is 13.2 Å². The highest BCUT2D eigenvalue weighted by atomic mass is 79.9. The first kappa shape index (κ1) is 18.3. The minimum absolute atomic E-state index is 0.122. The fraction of sp³-hybridized carbons (Fsp3) is 0.235. The van der Waals surface area contributed by atoms with Crippen LogP contribution in [-0.4, -0.2) is 19.1 Å². The first-order valence-electron chi connectivity index (χ1n) is 7.16. The number of rotatable bonds is 6. The van der Waals surface area contributed by atoms with Gasteiger partial charge in [0, 0.05) is 11.0 Å². The Morgan fingerprint density at radius 1 is 1.12 bits per heavy atom. The Hall–Kier alpha value is -2.02. The van der Waals surface area contributed by atoms with Gasteiger partial charge in [0.1, 0.15) is 5.75 Å². The van der Waals surface area contributed by atoms with Gasteiger partial charge in [-0.3, -0.25) is 4.79 Å².